The minimum Gasteiger partial charge on any atom is -0.370 e. The maximum atomic E-state index is 12.8. The molecule has 0 fully saturated rings. The van der Waals surface area contributed by atoms with Gasteiger partial charge in [0.2, 0.25) is 5.13 Å². The van der Waals surface area contributed by atoms with Gasteiger partial charge < -0.3 is 11.5 Å². The smallest absolute Gasteiger partial charge is 0.212 e. The zero-order valence-electron chi connectivity index (χ0n) is 9.85. The summed E-state index contributed by atoms with van der Waals surface area (Å²) in [6, 6.07) is 6.41. The number of aliphatic imine (C=N–C) groups is 1. The second-order valence-corrected chi connectivity index (χ2v) is 4.91. The molecule has 0 bridgehead atoms. The molecule has 0 unspecified atom stereocenters. The Balaban J connectivity index is 2.21. The minimum absolute atomic E-state index is 0.00270. The first kappa shape index (κ1) is 12.5. The molecule has 4 N–H and O–H groups in total. The third kappa shape index (κ3) is 3.04. The Kier molecular flexibility index (Phi) is 3.57. The first-order valence-electron chi connectivity index (χ1n) is 5.35. The Morgan fingerprint density at radius 2 is 2.00 bits per heavy atom. The number of guanidine groups is 1. The Morgan fingerprint density at radius 1 is 1.33 bits per heavy atom. The summed E-state index contributed by atoms with van der Waals surface area (Å²) in [6.45, 7) is 1.90. The summed E-state index contributed by atoms with van der Waals surface area (Å²) in [5.74, 6) is -0.238. The lowest BCUT2D eigenvalue weighted by molar-refractivity contribution is 0.627. The lowest BCUT2D eigenvalue weighted by Gasteiger charge is -1.99. The number of hydrogen-bond donors (Lipinski definition) is 2. The number of benzene rings is 1. The van der Waals surface area contributed by atoms with Crippen molar-refractivity contribution >= 4 is 22.4 Å². The van der Waals surface area contributed by atoms with E-state index in [0.717, 1.165) is 16.1 Å². The fourth-order valence-electron chi connectivity index (χ4n) is 1.52. The molecule has 2 rings (SSSR count). The van der Waals surface area contributed by atoms with Gasteiger partial charge in [0.05, 0.1) is 5.69 Å². The molecule has 4 nitrogen and oxygen atoms in total. The topological polar surface area (TPSA) is 77.3 Å². The summed E-state index contributed by atoms with van der Waals surface area (Å²) in [5, 5.41) is 0.546. The summed E-state index contributed by atoms with van der Waals surface area (Å²) >= 11 is 1.43. The normalized spacial score (nSPS) is 10.3. The number of aromatic nitrogens is 1. The van der Waals surface area contributed by atoms with Gasteiger partial charge in [-0.2, -0.15) is 4.99 Å². The van der Waals surface area contributed by atoms with E-state index in [0.29, 0.717) is 11.6 Å². The SMILES string of the molecule is Cc1nc(N=C(N)N)sc1Cc1ccc(F)cc1. The minimum atomic E-state index is -0.235. The maximum Gasteiger partial charge on any atom is 0.212 e. The molecule has 0 aliphatic heterocycles. The molecule has 0 amide bonds. The molecule has 1 heterocycles. The first-order chi connectivity index (χ1) is 8.54. The van der Waals surface area contributed by atoms with E-state index in [1.807, 2.05) is 6.92 Å². The van der Waals surface area contributed by atoms with E-state index in [1.54, 1.807) is 12.1 Å². The summed E-state index contributed by atoms with van der Waals surface area (Å²) in [5.41, 5.74) is 12.5. The van der Waals surface area contributed by atoms with Gasteiger partial charge in [-0.1, -0.05) is 23.5 Å². The molecular formula is C12H13FN4S. The quantitative estimate of drug-likeness (QED) is 0.658. The van der Waals surface area contributed by atoms with Gasteiger partial charge in [0.15, 0.2) is 5.96 Å². The molecule has 0 spiro atoms. The lowest BCUT2D eigenvalue weighted by Crippen LogP contribution is -2.21. The van der Waals surface area contributed by atoms with Crippen LogP contribution >= 0.6 is 11.3 Å². The van der Waals surface area contributed by atoms with Crippen molar-refractivity contribution in [3.8, 4) is 0 Å². The van der Waals surface area contributed by atoms with Crippen molar-refractivity contribution in [3.05, 3.63) is 46.2 Å². The van der Waals surface area contributed by atoms with Crippen molar-refractivity contribution < 1.29 is 4.39 Å². The van der Waals surface area contributed by atoms with Crippen LogP contribution in [0.1, 0.15) is 16.1 Å². The van der Waals surface area contributed by atoms with Crippen molar-refractivity contribution in [2.45, 2.75) is 13.3 Å². The molecule has 0 aliphatic carbocycles. The molecule has 0 radical (unpaired) electrons. The van der Waals surface area contributed by atoms with Crippen LogP contribution in [0.15, 0.2) is 29.3 Å². The lowest BCUT2D eigenvalue weighted by atomic mass is 10.1. The number of rotatable bonds is 3. The van der Waals surface area contributed by atoms with Gasteiger partial charge in [0, 0.05) is 11.3 Å². The largest absolute Gasteiger partial charge is 0.370 e. The highest BCUT2D eigenvalue weighted by atomic mass is 32.1. The van der Waals surface area contributed by atoms with Crippen LogP contribution in [-0.2, 0) is 6.42 Å². The molecule has 2 aromatic rings. The summed E-state index contributed by atoms with van der Waals surface area (Å²) < 4.78 is 12.8. The number of nitrogens with zero attached hydrogens (tertiary/aromatic N) is 2. The summed E-state index contributed by atoms with van der Waals surface area (Å²) in [7, 11) is 0. The van der Waals surface area contributed by atoms with E-state index in [4.69, 9.17) is 11.5 Å². The number of hydrogen-bond acceptors (Lipinski definition) is 3. The zero-order valence-corrected chi connectivity index (χ0v) is 10.7. The number of halogens is 1. The van der Waals surface area contributed by atoms with E-state index >= 15 is 0 Å². The Bertz CT molecular complexity index is 570. The third-order valence-electron chi connectivity index (χ3n) is 2.38. The highest BCUT2D eigenvalue weighted by Gasteiger charge is 2.08. The molecule has 94 valence electrons. The highest BCUT2D eigenvalue weighted by Crippen LogP contribution is 2.27. The van der Waals surface area contributed by atoms with Crippen molar-refractivity contribution in [3.63, 3.8) is 0 Å². The number of thiazole rings is 1. The summed E-state index contributed by atoms with van der Waals surface area (Å²) in [6.07, 6.45) is 0.698. The van der Waals surface area contributed by atoms with Gasteiger partial charge in [-0.15, -0.1) is 0 Å². The van der Waals surface area contributed by atoms with E-state index in [9.17, 15) is 4.39 Å². The van der Waals surface area contributed by atoms with E-state index in [-0.39, 0.29) is 11.8 Å². The van der Waals surface area contributed by atoms with Crippen LogP contribution in [0.5, 0.6) is 0 Å². The van der Waals surface area contributed by atoms with E-state index < -0.39 is 0 Å². The van der Waals surface area contributed by atoms with Crippen LogP contribution in [0.4, 0.5) is 9.52 Å². The standard InChI is InChI=1S/C12H13FN4S/c1-7-10(18-12(16-7)17-11(14)15)6-8-2-4-9(13)5-3-8/h2-5H,6H2,1H3,(H4,14,15,16,17). The van der Waals surface area contributed by atoms with Gasteiger partial charge in [0.25, 0.3) is 0 Å². The Hall–Kier alpha value is -1.95. The van der Waals surface area contributed by atoms with Crippen LogP contribution < -0.4 is 11.5 Å². The van der Waals surface area contributed by atoms with Crippen LogP contribution in [0.3, 0.4) is 0 Å². The fraction of sp³-hybridized carbons (Fsp3) is 0.167. The summed E-state index contributed by atoms with van der Waals surface area (Å²) in [4.78, 5) is 9.25. The van der Waals surface area contributed by atoms with Crippen LogP contribution in [0.2, 0.25) is 0 Å². The maximum absolute atomic E-state index is 12.8. The molecule has 6 heteroatoms. The van der Waals surface area contributed by atoms with Gasteiger partial charge in [0.1, 0.15) is 5.82 Å². The molecule has 1 aromatic heterocycles. The first-order valence-corrected chi connectivity index (χ1v) is 6.16. The van der Waals surface area contributed by atoms with Crippen LogP contribution in [0, 0.1) is 12.7 Å². The van der Waals surface area contributed by atoms with Gasteiger partial charge >= 0.3 is 0 Å². The second-order valence-electron chi connectivity index (χ2n) is 3.84. The van der Waals surface area contributed by atoms with Gasteiger partial charge in [-0.3, -0.25) is 0 Å². The number of aryl methyl sites for hydroxylation is 1. The number of nitrogens with two attached hydrogens (primary N) is 2. The van der Waals surface area contributed by atoms with Crippen molar-refractivity contribution in [2.75, 3.05) is 0 Å². The zero-order chi connectivity index (χ0) is 13.1. The molecule has 1 aromatic carbocycles. The predicted molar refractivity (Wildman–Crippen MR) is 71.5 cm³/mol. The fourth-order valence-corrected chi connectivity index (χ4v) is 2.51. The molecule has 0 saturated heterocycles. The van der Waals surface area contributed by atoms with E-state index in [2.05, 4.69) is 9.98 Å². The highest BCUT2D eigenvalue weighted by molar-refractivity contribution is 7.15. The second kappa shape index (κ2) is 5.14. The predicted octanol–water partition coefficient (Wildman–Crippen LogP) is 2.09. The molecule has 0 saturated carbocycles. The van der Waals surface area contributed by atoms with E-state index in [1.165, 1.54) is 23.5 Å². The molecular weight excluding hydrogens is 251 g/mol. The molecule has 0 aliphatic rings. The monoisotopic (exact) mass is 264 g/mol. The van der Waals surface area contributed by atoms with Crippen molar-refractivity contribution in [1.29, 1.82) is 0 Å². The van der Waals surface area contributed by atoms with Crippen LogP contribution in [0.25, 0.3) is 0 Å². The van der Waals surface area contributed by atoms with Crippen LogP contribution in [-0.4, -0.2) is 10.9 Å². The van der Waals surface area contributed by atoms with Crippen molar-refractivity contribution in [2.24, 2.45) is 16.5 Å². The average molecular weight is 264 g/mol. The van der Waals surface area contributed by atoms with Gasteiger partial charge in [-0.25, -0.2) is 9.37 Å². The molecule has 18 heavy (non-hydrogen) atoms. The van der Waals surface area contributed by atoms with Gasteiger partial charge in [-0.05, 0) is 24.6 Å². The third-order valence-corrected chi connectivity index (χ3v) is 3.44. The Labute approximate surface area is 108 Å². The van der Waals surface area contributed by atoms with Crippen molar-refractivity contribution in [1.82, 2.24) is 4.98 Å². The Morgan fingerprint density at radius 3 is 2.61 bits per heavy atom. The average Bonchev–Trinajstić information content (AvgIpc) is 2.61. The molecule has 0 atom stereocenters.